The lowest BCUT2D eigenvalue weighted by atomic mass is 10.0. The molecule has 0 aliphatic heterocycles. The monoisotopic (exact) mass is 206 g/mol. The van der Waals surface area contributed by atoms with Crippen molar-refractivity contribution in [3.05, 3.63) is 0 Å². The molecule has 0 radical (unpaired) electrons. The minimum Gasteiger partial charge on any atom is -0.396 e. The number of hydrogen-bond acceptors (Lipinski definition) is 1. The summed E-state index contributed by atoms with van der Waals surface area (Å²) in [5.41, 5.74) is 0. The summed E-state index contributed by atoms with van der Waals surface area (Å²) in [6.45, 7) is 0.389. The lowest BCUT2D eigenvalue weighted by Crippen LogP contribution is -2.03. The number of aliphatic hydroxyl groups excluding tert-OH is 1. The third kappa shape index (κ3) is 2.59. The van der Waals surface area contributed by atoms with E-state index in [2.05, 4.69) is 15.9 Å². The molecule has 1 fully saturated rings. The highest BCUT2D eigenvalue weighted by Crippen LogP contribution is 2.26. The van der Waals surface area contributed by atoms with Crippen molar-refractivity contribution in [1.82, 2.24) is 0 Å². The van der Waals surface area contributed by atoms with Crippen LogP contribution in [0.25, 0.3) is 0 Å². The molecule has 0 spiro atoms. The zero-order valence-corrected chi connectivity index (χ0v) is 7.81. The summed E-state index contributed by atoms with van der Waals surface area (Å²) in [6, 6.07) is 0. The molecule has 1 N–H and O–H groups in total. The van der Waals surface area contributed by atoms with Crippen LogP contribution in [0.5, 0.6) is 0 Å². The van der Waals surface area contributed by atoms with Gasteiger partial charge in [0.25, 0.3) is 0 Å². The van der Waals surface area contributed by atoms with Gasteiger partial charge < -0.3 is 5.11 Å². The first-order valence-electron chi connectivity index (χ1n) is 4.08. The molecule has 10 heavy (non-hydrogen) atoms. The Kier molecular flexibility index (Phi) is 3.71. The number of alkyl halides is 1. The molecule has 0 amide bonds. The summed E-state index contributed by atoms with van der Waals surface area (Å²) in [6.07, 6.45) is 6.23. The average molecular weight is 207 g/mol. The molecule has 0 aromatic heterocycles. The Hall–Kier alpha value is 0.440. The van der Waals surface area contributed by atoms with Gasteiger partial charge in [0.05, 0.1) is 0 Å². The Balaban J connectivity index is 2.26. The molecule has 2 heteroatoms. The fourth-order valence-electron chi connectivity index (χ4n) is 1.52. The Morgan fingerprint density at radius 3 is 2.70 bits per heavy atom. The molecule has 1 rings (SSSR count). The first-order valence-corrected chi connectivity index (χ1v) is 4.99. The average Bonchev–Trinajstić information content (AvgIpc) is 2.14. The summed E-state index contributed by atoms with van der Waals surface area (Å²) in [5, 5.41) is 8.89. The van der Waals surface area contributed by atoms with Crippen LogP contribution >= 0.6 is 15.9 Å². The third-order valence-electron chi connectivity index (χ3n) is 2.28. The number of aliphatic hydroxyl groups is 1. The first kappa shape index (κ1) is 8.54. The van der Waals surface area contributed by atoms with Gasteiger partial charge in [-0.25, -0.2) is 0 Å². The second kappa shape index (κ2) is 4.35. The summed E-state index contributed by atoms with van der Waals surface area (Å²) in [4.78, 5) is 0.712. The number of rotatable bonds is 1. The van der Waals surface area contributed by atoms with Crippen LogP contribution in [0.2, 0.25) is 0 Å². The Labute approximate surface area is 70.9 Å². The molecule has 2 atom stereocenters. The summed E-state index contributed by atoms with van der Waals surface area (Å²) in [7, 11) is 0. The van der Waals surface area contributed by atoms with Gasteiger partial charge in [-0.1, -0.05) is 22.4 Å². The van der Waals surface area contributed by atoms with E-state index >= 15 is 0 Å². The van der Waals surface area contributed by atoms with Crippen LogP contribution in [0.4, 0.5) is 0 Å². The van der Waals surface area contributed by atoms with Crippen molar-refractivity contribution in [1.29, 1.82) is 0 Å². The molecule has 1 aliphatic rings. The van der Waals surface area contributed by atoms with E-state index in [0.717, 1.165) is 0 Å². The molecule has 1 aliphatic carbocycles. The summed E-state index contributed by atoms with van der Waals surface area (Å²) in [5.74, 6) is 0.586. The van der Waals surface area contributed by atoms with Crippen molar-refractivity contribution >= 4 is 15.9 Å². The van der Waals surface area contributed by atoms with Crippen LogP contribution in [0.15, 0.2) is 0 Å². The van der Waals surface area contributed by atoms with Crippen molar-refractivity contribution in [2.24, 2.45) is 5.92 Å². The molecule has 0 heterocycles. The second-order valence-electron chi connectivity index (χ2n) is 3.15. The standard InChI is InChI=1S/C8H15BrO/c9-8-3-1-2-7(6-10)4-5-8/h7-8,10H,1-6H2. The van der Waals surface area contributed by atoms with Crippen molar-refractivity contribution < 1.29 is 5.11 Å². The van der Waals surface area contributed by atoms with Crippen LogP contribution in [0.1, 0.15) is 32.1 Å². The van der Waals surface area contributed by atoms with Gasteiger partial charge in [0.2, 0.25) is 0 Å². The van der Waals surface area contributed by atoms with Gasteiger partial charge in [-0.15, -0.1) is 0 Å². The Bertz CT molecular complexity index is 95.3. The zero-order chi connectivity index (χ0) is 7.40. The normalized spacial score (nSPS) is 35.4. The highest BCUT2D eigenvalue weighted by atomic mass is 79.9. The lowest BCUT2D eigenvalue weighted by Gasteiger charge is -2.08. The van der Waals surface area contributed by atoms with Crippen LogP contribution in [0.3, 0.4) is 0 Å². The van der Waals surface area contributed by atoms with Gasteiger partial charge >= 0.3 is 0 Å². The maximum atomic E-state index is 8.89. The van der Waals surface area contributed by atoms with Crippen LogP contribution in [-0.2, 0) is 0 Å². The van der Waals surface area contributed by atoms with Crippen LogP contribution in [-0.4, -0.2) is 16.5 Å². The van der Waals surface area contributed by atoms with Crippen molar-refractivity contribution in [2.45, 2.75) is 36.9 Å². The van der Waals surface area contributed by atoms with Gasteiger partial charge in [-0.3, -0.25) is 0 Å². The van der Waals surface area contributed by atoms with Gasteiger partial charge in [-0.05, 0) is 31.6 Å². The Morgan fingerprint density at radius 2 is 2.00 bits per heavy atom. The predicted molar refractivity (Wildman–Crippen MR) is 46.4 cm³/mol. The molecule has 0 saturated heterocycles. The highest BCUT2D eigenvalue weighted by molar-refractivity contribution is 9.09. The fourth-order valence-corrected chi connectivity index (χ4v) is 2.10. The number of halogens is 1. The van der Waals surface area contributed by atoms with Crippen LogP contribution in [0, 0.1) is 5.92 Å². The van der Waals surface area contributed by atoms with E-state index in [9.17, 15) is 0 Å². The van der Waals surface area contributed by atoms with E-state index in [1.54, 1.807) is 0 Å². The fraction of sp³-hybridized carbons (Fsp3) is 1.00. The quantitative estimate of drug-likeness (QED) is 0.516. The topological polar surface area (TPSA) is 20.2 Å². The van der Waals surface area contributed by atoms with E-state index < -0.39 is 0 Å². The second-order valence-corrected chi connectivity index (χ2v) is 4.45. The SMILES string of the molecule is OCC1CCCC(Br)CC1. The zero-order valence-electron chi connectivity index (χ0n) is 6.22. The molecular formula is C8H15BrO. The molecule has 1 nitrogen and oxygen atoms in total. The van der Waals surface area contributed by atoms with E-state index in [0.29, 0.717) is 17.4 Å². The lowest BCUT2D eigenvalue weighted by molar-refractivity contribution is 0.213. The molecule has 0 aromatic rings. The molecule has 60 valence electrons. The van der Waals surface area contributed by atoms with Crippen molar-refractivity contribution in [3.63, 3.8) is 0 Å². The maximum absolute atomic E-state index is 8.89. The predicted octanol–water partition coefficient (Wildman–Crippen LogP) is 2.32. The Morgan fingerprint density at radius 1 is 1.20 bits per heavy atom. The maximum Gasteiger partial charge on any atom is 0.0459 e. The van der Waals surface area contributed by atoms with Gasteiger partial charge in [0.15, 0.2) is 0 Å². The van der Waals surface area contributed by atoms with Crippen molar-refractivity contribution in [3.8, 4) is 0 Å². The minimum absolute atomic E-state index is 0.389. The van der Waals surface area contributed by atoms with E-state index in [1.807, 2.05) is 0 Å². The van der Waals surface area contributed by atoms with E-state index in [4.69, 9.17) is 5.11 Å². The van der Waals surface area contributed by atoms with Gasteiger partial charge in [0, 0.05) is 11.4 Å². The van der Waals surface area contributed by atoms with E-state index in [1.165, 1.54) is 32.1 Å². The minimum atomic E-state index is 0.389. The molecule has 1 saturated carbocycles. The number of hydrogen-bond donors (Lipinski definition) is 1. The van der Waals surface area contributed by atoms with Gasteiger partial charge in [0.1, 0.15) is 0 Å². The summed E-state index contributed by atoms with van der Waals surface area (Å²) < 4.78 is 0. The molecule has 0 aromatic carbocycles. The van der Waals surface area contributed by atoms with Crippen LogP contribution < -0.4 is 0 Å². The molecular weight excluding hydrogens is 192 g/mol. The van der Waals surface area contributed by atoms with E-state index in [-0.39, 0.29) is 0 Å². The molecule has 0 bridgehead atoms. The highest BCUT2D eigenvalue weighted by Gasteiger charge is 2.15. The first-order chi connectivity index (χ1) is 4.83. The largest absolute Gasteiger partial charge is 0.396 e. The molecule has 2 unspecified atom stereocenters. The van der Waals surface area contributed by atoms with Crippen molar-refractivity contribution in [2.75, 3.05) is 6.61 Å². The smallest absolute Gasteiger partial charge is 0.0459 e. The summed E-state index contributed by atoms with van der Waals surface area (Å²) >= 11 is 3.61. The third-order valence-corrected chi connectivity index (χ3v) is 3.19. The van der Waals surface area contributed by atoms with Gasteiger partial charge in [-0.2, -0.15) is 0 Å².